The normalized spacial score (nSPS) is 26.6. The quantitative estimate of drug-likeness (QED) is 0.706. The Hall–Kier alpha value is -0.240. The van der Waals surface area contributed by atoms with Crippen LogP contribution >= 0.6 is 23.2 Å². The van der Waals surface area contributed by atoms with Crippen molar-refractivity contribution >= 4 is 23.2 Å². The Morgan fingerprint density at radius 2 is 1.57 bits per heavy atom. The fourth-order valence-electron chi connectivity index (χ4n) is 3.59. The van der Waals surface area contributed by atoms with Crippen molar-refractivity contribution in [2.75, 3.05) is 6.54 Å². The van der Waals surface area contributed by atoms with E-state index in [1.54, 1.807) is 0 Å². The Morgan fingerprint density at radius 1 is 0.905 bits per heavy atom. The Kier molecular flexibility index (Phi) is 5.48. The van der Waals surface area contributed by atoms with Gasteiger partial charge in [0, 0.05) is 16.1 Å². The maximum Gasteiger partial charge on any atom is 0.0452 e. The van der Waals surface area contributed by atoms with Crippen molar-refractivity contribution in [1.82, 2.24) is 5.32 Å². The van der Waals surface area contributed by atoms with Gasteiger partial charge in [0.1, 0.15) is 0 Å². The van der Waals surface area contributed by atoms with Gasteiger partial charge in [0.05, 0.1) is 0 Å². The first-order chi connectivity index (χ1) is 10.2. The summed E-state index contributed by atoms with van der Waals surface area (Å²) >= 11 is 12.7. The summed E-state index contributed by atoms with van der Waals surface area (Å²) in [6.07, 6.45) is 10.6. The smallest absolute Gasteiger partial charge is 0.0452 e. The van der Waals surface area contributed by atoms with E-state index in [-0.39, 0.29) is 0 Å². The summed E-state index contributed by atoms with van der Waals surface area (Å²) in [6, 6.07) is 6.68. The number of hydrogen-bond acceptors (Lipinski definition) is 1. The fraction of sp³-hybridized carbons (Fsp3) is 0.667. The van der Waals surface area contributed by atoms with Gasteiger partial charge in [0.2, 0.25) is 0 Å². The molecule has 116 valence electrons. The molecule has 1 N–H and O–H groups in total. The summed E-state index contributed by atoms with van der Waals surface area (Å²) in [5.74, 6) is 1.50. The van der Waals surface area contributed by atoms with E-state index in [0.29, 0.717) is 0 Å². The largest absolute Gasteiger partial charge is 0.314 e. The summed E-state index contributed by atoms with van der Waals surface area (Å²) in [7, 11) is 0. The zero-order chi connectivity index (χ0) is 14.7. The molecule has 0 bridgehead atoms. The van der Waals surface area contributed by atoms with E-state index in [4.69, 9.17) is 23.2 Å². The van der Waals surface area contributed by atoms with Crippen molar-refractivity contribution in [3.8, 4) is 0 Å². The molecular formula is C18H25Cl2N. The van der Waals surface area contributed by atoms with Crippen LogP contribution in [0, 0.1) is 11.8 Å². The Morgan fingerprint density at radius 3 is 2.24 bits per heavy atom. The van der Waals surface area contributed by atoms with Crippen molar-refractivity contribution in [3.05, 3.63) is 33.8 Å². The highest BCUT2D eigenvalue weighted by molar-refractivity contribution is 6.35. The molecule has 0 aromatic heterocycles. The van der Waals surface area contributed by atoms with Crippen molar-refractivity contribution in [2.24, 2.45) is 11.8 Å². The first-order valence-electron chi connectivity index (χ1n) is 8.40. The summed E-state index contributed by atoms with van der Waals surface area (Å²) in [4.78, 5) is 0. The first-order valence-corrected chi connectivity index (χ1v) is 9.16. The second kappa shape index (κ2) is 7.35. The van der Waals surface area contributed by atoms with Crippen molar-refractivity contribution in [3.63, 3.8) is 0 Å². The van der Waals surface area contributed by atoms with Gasteiger partial charge in [0.25, 0.3) is 0 Å². The summed E-state index contributed by atoms with van der Waals surface area (Å²) in [6.45, 7) is 1.18. The second-order valence-corrected chi connectivity index (χ2v) is 7.56. The van der Waals surface area contributed by atoms with Crippen LogP contribution in [-0.2, 0) is 6.42 Å². The molecule has 0 amide bonds. The minimum atomic E-state index is 0.719. The fourth-order valence-corrected chi connectivity index (χ4v) is 4.15. The first kappa shape index (κ1) is 15.6. The highest BCUT2D eigenvalue weighted by Gasteiger charge is 2.28. The summed E-state index contributed by atoms with van der Waals surface area (Å²) in [5, 5.41) is 5.40. The lowest BCUT2D eigenvalue weighted by molar-refractivity contribution is 0.297. The van der Waals surface area contributed by atoms with E-state index < -0.39 is 0 Å². The van der Waals surface area contributed by atoms with Crippen LogP contribution in [0.15, 0.2) is 18.2 Å². The minimum Gasteiger partial charge on any atom is -0.314 e. The van der Waals surface area contributed by atoms with Gasteiger partial charge in [-0.3, -0.25) is 0 Å². The molecule has 0 saturated heterocycles. The highest BCUT2D eigenvalue weighted by atomic mass is 35.5. The lowest BCUT2D eigenvalue weighted by Crippen LogP contribution is -2.30. The van der Waals surface area contributed by atoms with Crippen molar-refractivity contribution in [2.45, 2.75) is 57.4 Å². The highest BCUT2D eigenvalue weighted by Crippen LogP contribution is 2.35. The maximum absolute atomic E-state index is 6.37. The van der Waals surface area contributed by atoms with Gasteiger partial charge in [-0.15, -0.1) is 0 Å². The molecule has 1 aromatic carbocycles. The standard InChI is InChI=1S/C18H25Cl2N/c19-17-7-4-8-18(20)16(17)11-13-5-2-1-3-6-14(13)12-21-15-9-10-15/h4,7-8,13-15,21H,1-3,5-6,9-12H2. The van der Waals surface area contributed by atoms with Crippen molar-refractivity contribution < 1.29 is 0 Å². The van der Waals surface area contributed by atoms with Crippen molar-refractivity contribution in [1.29, 1.82) is 0 Å². The maximum atomic E-state index is 6.37. The van der Waals surface area contributed by atoms with Crippen LogP contribution < -0.4 is 5.32 Å². The summed E-state index contributed by atoms with van der Waals surface area (Å²) in [5.41, 5.74) is 1.16. The second-order valence-electron chi connectivity index (χ2n) is 6.75. The van der Waals surface area contributed by atoms with Gasteiger partial charge in [-0.05, 0) is 68.2 Å². The number of nitrogens with one attached hydrogen (secondary N) is 1. The van der Waals surface area contributed by atoms with Gasteiger partial charge in [-0.25, -0.2) is 0 Å². The van der Waals surface area contributed by atoms with E-state index >= 15 is 0 Å². The van der Waals surface area contributed by atoms with Gasteiger partial charge in [0.15, 0.2) is 0 Å². The molecule has 0 heterocycles. The van der Waals surface area contributed by atoms with E-state index in [9.17, 15) is 0 Å². The SMILES string of the molecule is Clc1cccc(Cl)c1CC1CCCCCC1CNC1CC1. The molecule has 3 heteroatoms. The zero-order valence-corrected chi connectivity index (χ0v) is 14.1. The summed E-state index contributed by atoms with van der Waals surface area (Å²) < 4.78 is 0. The molecule has 0 radical (unpaired) electrons. The van der Waals surface area contributed by atoms with Crippen LogP contribution in [0.4, 0.5) is 0 Å². The van der Waals surface area contributed by atoms with Gasteiger partial charge >= 0.3 is 0 Å². The predicted molar refractivity (Wildman–Crippen MR) is 91.3 cm³/mol. The van der Waals surface area contributed by atoms with E-state index in [1.807, 2.05) is 18.2 Å². The van der Waals surface area contributed by atoms with Crippen LogP contribution in [0.3, 0.4) is 0 Å². The Balaban J connectivity index is 1.69. The molecule has 3 rings (SSSR count). The van der Waals surface area contributed by atoms with Crippen LogP contribution in [-0.4, -0.2) is 12.6 Å². The number of halogens is 2. The van der Waals surface area contributed by atoms with E-state index in [1.165, 1.54) is 51.5 Å². The molecule has 2 aliphatic rings. The molecular weight excluding hydrogens is 301 g/mol. The number of benzene rings is 1. The molecule has 2 atom stereocenters. The Labute approximate surface area is 138 Å². The average molecular weight is 326 g/mol. The molecule has 2 fully saturated rings. The van der Waals surface area contributed by atoms with Gasteiger partial charge in [-0.2, -0.15) is 0 Å². The van der Waals surface area contributed by atoms with Crippen LogP contribution in [0.1, 0.15) is 50.5 Å². The molecule has 2 saturated carbocycles. The minimum absolute atomic E-state index is 0.719. The topological polar surface area (TPSA) is 12.0 Å². The predicted octanol–water partition coefficient (Wildman–Crippen LogP) is 5.48. The van der Waals surface area contributed by atoms with Crippen LogP contribution in [0.25, 0.3) is 0 Å². The molecule has 2 aliphatic carbocycles. The lowest BCUT2D eigenvalue weighted by Gasteiger charge is -2.26. The molecule has 2 unspecified atom stereocenters. The van der Waals surface area contributed by atoms with E-state index in [0.717, 1.165) is 39.9 Å². The Bertz CT molecular complexity index is 450. The number of hydrogen-bond donors (Lipinski definition) is 1. The molecule has 1 nitrogen and oxygen atoms in total. The third-order valence-electron chi connectivity index (χ3n) is 5.09. The third kappa shape index (κ3) is 4.37. The van der Waals surface area contributed by atoms with E-state index in [2.05, 4.69) is 5.32 Å². The monoisotopic (exact) mass is 325 g/mol. The van der Waals surface area contributed by atoms with Crippen LogP contribution in [0.5, 0.6) is 0 Å². The van der Waals surface area contributed by atoms with Gasteiger partial charge < -0.3 is 5.32 Å². The number of rotatable bonds is 5. The van der Waals surface area contributed by atoms with Gasteiger partial charge in [-0.1, -0.05) is 48.5 Å². The average Bonchev–Trinajstić information content (AvgIpc) is 3.28. The molecule has 1 aromatic rings. The zero-order valence-electron chi connectivity index (χ0n) is 12.6. The lowest BCUT2D eigenvalue weighted by atomic mass is 9.83. The van der Waals surface area contributed by atoms with Crippen LogP contribution in [0.2, 0.25) is 10.0 Å². The third-order valence-corrected chi connectivity index (χ3v) is 5.80. The molecule has 0 aliphatic heterocycles. The molecule has 21 heavy (non-hydrogen) atoms. The molecule has 0 spiro atoms.